The number of ether oxygens (including phenoxy) is 1. The fourth-order valence-electron chi connectivity index (χ4n) is 4.95. The van der Waals surface area contributed by atoms with Crippen molar-refractivity contribution < 1.29 is 19.4 Å². The molecule has 7 heteroatoms. The van der Waals surface area contributed by atoms with Crippen LogP contribution in [0.15, 0.2) is 78.9 Å². The number of carboxylic acids is 1. The smallest absolute Gasteiger partial charge is 0.335 e. The number of carbonyl (C=O) groups is 2. The summed E-state index contributed by atoms with van der Waals surface area (Å²) in [6.45, 7) is 4.95. The highest BCUT2D eigenvalue weighted by molar-refractivity contribution is 5.87. The Morgan fingerprint density at radius 3 is 2.13 bits per heavy atom. The van der Waals surface area contributed by atoms with Gasteiger partial charge in [0.05, 0.1) is 5.56 Å². The van der Waals surface area contributed by atoms with E-state index in [9.17, 15) is 9.59 Å². The Hall–Kier alpha value is -3.35. The summed E-state index contributed by atoms with van der Waals surface area (Å²) in [5, 5.41) is 12.4. The van der Waals surface area contributed by atoms with Crippen molar-refractivity contribution in [3.05, 3.63) is 95.6 Å². The van der Waals surface area contributed by atoms with Gasteiger partial charge in [0.2, 0.25) is 5.91 Å². The van der Waals surface area contributed by atoms with Crippen LogP contribution in [0.3, 0.4) is 0 Å². The third-order valence-electron chi connectivity index (χ3n) is 7.20. The zero-order valence-electron chi connectivity index (χ0n) is 22.6. The molecular weight excluding hydrogens is 512 g/mol. The Labute approximate surface area is 237 Å². The molecule has 6 nitrogen and oxygen atoms in total. The van der Waals surface area contributed by atoms with Gasteiger partial charge >= 0.3 is 5.97 Å². The van der Waals surface area contributed by atoms with E-state index in [-0.39, 0.29) is 35.8 Å². The summed E-state index contributed by atoms with van der Waals surface area (Å²) in [5.74, 6) is 0.602. The van der Waals surface area contributed by atoms with Crippen LogP contribution in [0.4, 0.5) is 0 Å². The Morgan fingerprint density at radius 2 is 1.54 bits per heavy atom. The van der Waals surface area contributed by atoms with Crippen molar-refractivity contribution in [3.8, 4) is 11.5 Å². The molecule has 1 saturated heterocycles. The molecule has 4 rings (SSSR count). The normalized spacial score (nSPS) is 14.7. The lowest BCUT2D eigenvalue weighted by Gasteiger charge is -2.33. The molecule has 1 heterocycles. The molecule has 0 radical (unpaired) electrons. The SMILES string of the molecule is CCCCC(Cc1ccccc1)C(=O)NC1CCN(Cc2ccc(Oc3ccc(C(=O)O)cc3)cc2)CC1.Cl. The lowest BCUT2D eigenvalue weighted by atomic mass is 9.92. The lowest BCUT2D eigenvalue weighted by Crippen LogP contribution is -2.46. The number of unbranched alkanes of at least 4 members (excludes halogenated alkanes) is 1. The predicted octanol–water partition coefficient (Wildman–Crippen LogP) is 6.73. The number of nitrogens with one attached hydrogen (secondary N) is 1. The molecule has 1 fully saturated rings. The van der Waals surface area contributed by atoms with Gasteiger partial charge in [-0.15, -0.1) is 12.4 Å². The number of amides is 1. The first-order chi connectivity index (χ1) is 18.5. The van der Waals surface area contributed by atoms with Crippen LogP contribution in [0.2, 0.25) is 0 Å². The Balaban J connectivity index is 0.00000420. The van der Waals surface area contributed by atoms with E-state index in [1.165, 1.54) is 23.3 Å². The van der Waals surface area contributed by atoms with Crippen molar-refractivity contribution >= 4 is 24.3 Å². The summed E-state index contributed by atoms with van der Waals surface area (Å²) in [6.07, 6.45) is 5.84. The van der Waals surface area contributed by atoms with E-state index in [4.69, 9.17) is 9.84 Å². The topological polar surface area (TPSA) is 78.9 Å². The van der Waals surface area contributed by atoms with Gasteiger partial charge in [-0.3, -0.25) is 9.69 Å². The highest BCUT2D eigenvalue weighted by Crippen LogP contribution is 2.23. The molecular formula is C32H39ClN2O4. The number of hydrogen-bond acceptors (Lipinski definition) is 4. The van der Waals surface area contributed by atoms with E-state index < -0.39 is 5.97 Å². The lowest BCUT2D eigenvalue weighted by molar-refractivity contribution is -0.126. The van der Waals surface area contributed by atoms with E-state index in [0.717, 1.165) is 58.2 Å². The van der Waals surface area contributed by atoms with Crippen LogP contribution in [0.5, 0.6) is 11.5 Å². The highest BCUT2D eigenvalue weighted by Gasteiger charge is 2.25. The number of halogens is 1. The Bertz CT molecular complexity index is 1160. The first kappa shape index (κ1) is 30.2. The molecule has 1 aliphatic heterocycles. The maximum atomic E-state index is 13.1. The van der Waals surface area contributed by atoms with Crippen LogP contribution >= 0.6 is 12.4 Å². The van der Waals surface area contributed by atoms with Crippen LogP contribution in [0.25, 0.3) is 0 Å². The van der Waals surface area contributed by atoms with Crippen LogP contribution in [0.1, 0.15) is 60.5 Å². The van der Waals surface area contributed by atoms with Gasteiger partial charge in [-0.1, -0.05) is 62.2 Å². The van der Waals surface area contributed by atoms with Crippen molar-refractivity contribution in [2.75, 3.05) is 13.1 Å². The van der Waals surface area contributed by atoms with Crippen molar-refractivity contribution in [1.82, 2.24) is 10.2 Å². The Kier molecular flexibility index (Phi) is 11.8. The average molecular weight is 551 g/mol. The fraction of sp³-hybridized carbons (Fsp3) is 0.375. The molecule has 3 aromatic carbocycles. The second kappa shape index (κ2) is 15.3. The maximum absolute atomic E-state index is 13.1. The molecule has 0 spiro atoms. The average Bonchev–Trinajstić information content (AvgIpc) is 2.94. The summed E-state index contributed by atoms with van der Waals surface area (Å²) in [4.78, 5) is 26.6. The van der Waals surface area contributed by atoms with E-state index in [1.54, 1.807) is 12.1 Å². The third-order valence-corrected chi connectivity index (χ3v) is 7.20. The van der Waals surface area contributed by atoms with Gasteiger partial charge in [0.25, 0.3) is 0 Å². The molecule has 0 saturated carbocycles. The minimum absolute atomic E-state index is 0. The van der Waals surface area contributed by atoms with E-state index in [0.29, 0.717) is 11.5 Å². The molecule has 3 aromatic rings. The number of rotatable bonds is 12. The molecule has 2 N–H and O–H groups in total. The quantitative estimate of drug-likeness (QED) is 0.261. The summed E-state index contributed by atoms with van der Waals surface area (Å²) >= 11 is 0. The standard InChI is InChI=1S/C32H38N2O4.ClH/c1-2-3-9-27(22-24-7-5-4-6-8-24)31(35)33-28-18-20-34(21-19-28)23-25-10-14-29(15-11-25)38-30-16-12-26(13-17-30)32(36)37;/h4-8,10-17,27-28H,2-3,9,18-23H2,1H3,(H,33,35)(H,36,37);1H. The van der Waals surface area contributed by atoms with Crippen LogP contribution in [-0.2, 0) is 17.8 Å². The Morgan fingerprint density at radius 1 is 0.923 bits per heavy atom. The first-order valence-corrected chi connectivity index (χ1v) is 13.7. The van der Waals surface area contributed by atoms with Gasteiger partial charge in [-0.2, -0.15) is 0 Å². The van der Waals surface area contributed by atoms with Crippen LogP contribution in [0, 0.1) is 5.92 Å². The molecule has 39 heavy (non-hydrogen) atoms. The number of piperidine rings is 1. The molecule has 1 unspecified atom stereocenters. The van der Waals surface area contributed by atoms with Gasteiger partial charge in [-0.05, 0) is 73.2 Å². The van der Waals surface area contributed by atoms with Crippen molar-refractivity contribution in [3.63, 3.8) is 0 Å². The molecule has 1 amide bonds. The van der Waals surface area contributed by atoms with Crippen LogP contribution in [-0.4, -0.2) is 41.0 Å². The predicted molar refractivity (Wildman–Crippen MR) is 157 cm³/mol. The third kappa shape index (κ3) is 9.41. The molecule has 0 aliphatic carbocycles. The summed E-state index contributed by atoms with van der Waals surface area (Å²) in [7, 11) is 0. The minimum atomic E-state index is -0.952. The second-order valence-corrected chi connectivity index (χ2v) is 10.2. The van der Waals surface area contributed by atoms with Crippen molar-refractivity contribution in [1.29, 1.82) is 0 Å². The summed E-state index contributed by atoms with van der Waals surface area (Å²) in [5.41, 5.74) is 2.68. The molecule has 1 aliphatic rings. The fourth-order valence-corrected chi connectivity index (χ4v) is 4.95. The number of hydrogen-bond donors (Lipinski definition) is 2. The number of carboxylic acid groups (broad SMARTS) is 1. The monoisotopic (exact) mass is 550 g/mol. The zero-order valence-corrected chi connectivity index (χ0v) is 23.4. The second-order valence-electron chi connectivity index (χ2n) is 10.2. The van der Waals surface area contributed by atoms with E-state index in [2.05, 4.69) is 41.4 Å². The summed E-state index contributed by atoms with van der Waals surface area (Å²) in [6, 6.07) is 25.0. The van der Waals surface area contributed by atoms with Gasteiger partial charge in [0.15, 0.2) is 0 Å². The number of carbonyl (C=O) groups excluding carboxylic acids is 1. The van der Waals surface area contributed by atoms with Gasteiger partial charge < -0.3 is 15.2 Å². The summed E-state index contributed by atoms with van der Waals surface area (Å²) < 4.78 is 5.84. The highest BCUT2D eigenvalue weighted by atomic mass is 35.5. The number of aromatic carboxylic acids is 1. The molecule has 1 atom stereocenters. The van der Waals surface area contributed by atoms with E-state index in [1.807, 2.05) is 30.3 Å². The van der Waals surface area contributed by atoms with E-state index >= 15 is 0 Å². The van der Waals surface area contributed by atoms with Gasteiger partial charge in [0, 0.05) is 31.6 Å². The molecule has 0 aromatic heterocycles. The number of likely N-dealkylation sites (tertiary alicyclic amines) is 1. The van der Waals surface area contributed by atoms with Crippen molar-refractivity contribution in [2.24, 2.45) is 5.92 Å². The largest absolute Gasteiger partial charge is 0.478 e. The van der Waals surface area contributed by atoms with Gasteiger partial charge in [-0.25, -0.2) is 4.79 Å². The minimum Gasteiger partial charge on any atom is -0.478 e. The molecule has 0 bridgehead atoms. The zero-order chi connectivity index (χ0) is 26.7. The first-order valence-electron chi connectivity index (χ1n) is 13.7. The maximum Gasteiger partial charge on any atom is 0.335 e. The van der Waals surface area contributed by atoms with Gasteiger partial charge in [0.1, 0.15) is 11.5 Å². The van der Waals surface area contributed by atoms with Crippen molar-refractivity contribution in [2.45, 2.75) is 58.0 Å². The number of nitrogens with zero attached hydrogens (tertiary/aromatic N) is 1. The number of benzene rings is 3. The van der Waals surface area contributed by atoms with Crippen LogP contribution < -0.4 is 10.1 Å². The molecule has 208 valence electrons.